The number of nitrogens with zero attached hydrogens (tertiary/aromatic N) is 2. The third-order valence-electron chi connectivity index (χ3n) is 3.57. The molecule has 21 heavy (non-hydrogen) atoms. The minimum Gasteiger partial charge on any atom is -0.492 e. The number of rotatable bonds is 8. The van der Waals surface area contributed by atoms with Gasteiger partial charge in [-0.25, -0.2) is 0 Å². The van der Waals surface area contributed by atoms with Crippen LogP contribution in [0.1, 0.15) is 30.3 Å². The van der Waals surface area contributed by atoms with Gasteiger partial charge in [0.1, 0.15) is 12.4 Å². The Morgan fingerprint density at radius 1 is 1.19 bits per heavy atom. The molecule has 1 N–H and O–H groups in total. The molecule has 0 saturated carbocycles. The van der Waals surface area contributed by atoms with Crippen molar-refractivity contribution in [2.75, 3.05) is 13.2 Å². The molecule has 114 valence electrons. The summed E-state index contributed by atoms with van der Waals surface area (Å²) < 4.78 is 7.78. The van der Waals surface area contributed by atoms with Crippen LogP contribution in [0.4, 0.5) is 0 Å². The van der Waals surface area contributed by atoms with Crippen molar-refractivity contribution in [3.05, 3.63) is 47.3 Å². The average Bonchev–Trinajstić information content (AvgIpc) is 2.76. The molecule has 0 saturated heterocycles. The van der Waals surface area contributed by atoms with E-state index in [4.69, 9.17) is 4.74 Å². The maximum Gasteiger partial charge on any atom is 0.119 e. The van der Waals surface area contributed by atoms with Crippen molar-refractivity contribution in [3.63, 3.8) is 0 Å². The van der Waals surface area contributed by atoms with Gasteiger partial charge in [-0.2, -0.15) is 5.10 Å². The summed E-state index contributed by atoms with van der Waals surface area (Å²) in [6.07, 6.45) is 1.15. The Hall–Kier alpha value is -1.81. The molecule has 0 amide bonds. The van der Waals surface area contributed by atoms with E-state index in [9.17, 15) is 0 Å². The van der Waals surface area contributed by atoms with Crippen molar-refractivity contribution in [2.45, 2.75) is 40.3 Å². The number of aryl methyl sites for hydroxylation is 1. The van der Waals surface area contributed by atoms with Crippen LogP contribution in [0, 0.1) is 13.8 Å². The predicted molar refractivity (Wildman–Crippen MR) is 85.6 cm³/mol. The maximum atomic E-state index is 5.74. The number of hydrogen-bond donors (Lipinski definition) is 1. The van der Waals surface area contributed by atoms with Crippen molar-refractivity contribution < 1.29 is 4.74 Å². The Bertz CT molecular complexity index is 549. The molecular formula is C17H25N3O. The van der Waals surface area contributed by atoms with Gasteiger partial charge in [0, 0.05) is 17.8 Å². The van der Waals surface area contributed by atoms with Crippen LogP contribution in [0.15, 0.2) is 30.3 Å². The molecule has 2 rings (SSSR count). The van der Waals surface area contributed by atoms with Crippen LogP contribution in [0.25, 0.3) is 0 Å². The van der Waals surface area contributed by atoms with Crippen molar-refractivity contribution in [1.82, 2.24) is 15.1 Å². The van der Waals surface area contributed by atoms with Gasteiger partial charge in [-0.05, 0) is 38.9 Å². The number of aromatic nitrogens is 2. The Balaban J connectivity index is 1.90. The van der Waals surface area contributed by atoms with Gasteiger partial charge >= 0.3 is 0 Å². The fraction of sp³-hybridized carbons (Fsp3) is 0.471. The molecule has 0 bridgehead atoms. The van der Waals surface area contributed by atoms with Crippen molar-refractivity contribution >= 4 is 0 Å². The minimum atomic E-state index is 0.633. The summed E-state index contributed by atoms with van der Waals surface area (Å²) in [5.41, 5.74) is 3.65. The molecule has 0 spiro atoms. The number of hydrogen-bond acceptors (Lipinski definition) is 3. The van der Waals surface area contributed by atoms with E-state index in [0.29, 0.717) is 6.61 Å². The fourth-order valence-corrected chi connectivity index (χ4v) is 2.36. The van der Waals surface area contributed by atoms with E-state index in [1.54, 1.807) is 0 Å². The first kappa shape index (κ1) is 15.6. The number of ether oxygens (including phenoxy) is 1. The lowest BCUT2D eigenvalue weighted by molar-refractivity contribution is 0.289. The third-order valence-corrected chi connectivity index (χ3v) is 3.57. The van der Waals surface area contributed by atoms with Gasteiger partial charge in [-0.15, -0.1) is 0 Å². The molecule has 1 heterocycles. The van der Waals surface area contributed by atoms with Crippen LogP contribution >= 0.6 is 0 Å². The molecule has 4 nitrogen and oxygen atoms in total. The van der Waals surface area contributed by atoms with Gasteiger partial charge < -0.3 is 10.1 Å². The summed E-state index contributed by atoms with van der Waals surface area (Å²) in [4.78, 5) is 0. The molecule has 1 aromatic carbocycles. The Labute approximate surface area is 127 Å². The Morgan fingerprint density at radius 2 is 1.95 bits per heavy atom. The van der Waals surface area contributed by atoms with E-state index in [2.05, 4.69) is 31.2 Å². The first-order chi connectivity index (χ1) is 10.2. The van der Waals surface area contributed by atoms with Crippen molar-refractivity contribution in [3.8, 4) is 5.75 Å². The van der Waals surface area contributed by atoms with Gasteiger partial charge in [0.2, 0.25) is 0 Å². The molecule has 0 atom stereocenters. The highest BCUT2D eigenvalue weighted by Crippen LogP contribution is 2.13. The predicted octanol–water partition coefficient (Wildman–Crippen LogP) is 3.08. The van der Waals surface area contributed by atoms with Crippen molar-refractivity contribution in [1.29, 1.82) is 0 Å². The van der Waals surface area contributed by atoms with E-state index in [0.717, 1.165) is 37.5 Å². The topological polar surface area (TPSA) is 39.1 Å². The van der Waals surface area contributed by atoms with Gasteiger partial charge in [0.15, 0.2) is 0 Å². The SMILES string of the molecule is CCCNCc1c(C)nn(CCOc2ccccc2)c1C. The lowest BCUT2D eigenvalue weighted by Gasteiger charge is -2.08. The second kappa shape index (κ2) is 7.84. The highest BCUT2D eigenvalue weighted by Gasteiger charge is 2.10. The second-order valence-corrected chi connectivity index (χ2v) is 5.21. The molecule has 0 aliphatic carbocycles. The fourth-order valence-electron chi connectivity index (χ4n) is 2.36. The highest BCUT2D eigenvalue weighted by molar-refractivity contribution is 5.24. The summed E-state index contributed by atoms with van der Waals surface area (Å²) in [6, 6.07) is 9.90. The minimum absolute atomic E-state index is 0.633. The summed E-state index contributed by atoms with van der Waals surface area (Å²) in [6.45, 7) is 9.72. The standard InChI is InChI=1S/C17H25N3O/c1-4-10-18-13-17-14(2)19-20(15(17)3)11-12-21-16-8-6-5-7-9-16/h5-9,18H,4,10-13H2,1-3H3. The van der Waals surface area contributed by atoms with E-state index in [1.807, 2.05) is 35.0 Å². The van der Waals surface area contributed by atoms with Crippen LogP contribution in [-0.2, 0) is 13.1 Å². The van der Waals surface area contributed by atoms with Gasteiger partial charge in [-0.1, -0.05) is 25.1 Å². The summed E-state index contributed by atoms with van der Waals surface area (Å²) >= 11 is 0. The first-order valence-corrected chi connectivity index (χ1v) is 7.63. The smallest absolute Gasteiger partial charge is 0.119 e. The normalized spacial score (nSPS) is 10.8. The zero-order valence-electron chi connectivity index (χ0n) is 13.2. The summed E-state index contributed by atoms with van der Waals surface area (Å²) in [7, 11) is 0. The molecule has 2 aromatic rings. The largest absolute Gasteiger partial charge is 0.492 e. The number of nitrogens with one attached hydrogen (secondary N) is 1. The second-order valence-electron chi connectivity index (χ2n) is 5.21. The van der Waals surface area contributed by atoms with E-state index < -0.39 is 0 Å². The molecular weight excluding hydrogens is 262 g/mol. The molecule has 0 aliphatic heterocycles. The van der Waals surface area contributed by atoms with Crippen molar-refractivity contribution in [2.24, 2.45) is 0 Å². The zero-order chi connectivity index (χ0) is 15.1. The summed E-state index contributed by atoms with van der Waals surface area (Å²) in [5, 5.41) is 8.06. The lowest BCUT2D eigenvalue weighted by atomic mass is 10.2. The van der Waals surface area contributed by atoms with Crippen LogP contribution in [0.5, 0.6) is 5.75 Å². The molecule has 4 heteroatoms. The Kier molecular flexibility index (Phi) is 5.81. The van der Waals surface area contributed by atoms with E-state index in [-0.39, 0.29) is 0 Å². The third kappa shape index (κ3) is 4.33. The average molecular weight is 287 g/mol. The molecule has 0 unspecified atom stereocenters. The first-order valence-electron chi connectivity index (χ1n) is 7.63. The Morgan fingerprint density at radius 3 is 2.67 bits per heavy atom. The van der Waals surface area contributed by atoms with Gasteiger partial charge in [0.05, 0.1) is 12.2 Å². The molecule has 0 aliphatic rings. The monoisotopic (exact) mass is 287 g/mol. The quantitative estimate of drug-likeness (QED) is 0.758. The summed E-state index contributed by atoms with van der Waals surface area (Å²) in [5.74, 6) is 0.906. The van der Waals surface area contributed by atoms with Crippen LogP contribution in [0.2, 0.25) is 0 Å². The number of benzene rings is 1. The lowest BCUT2D eigenvalue weighted by Crippen LogP contribution is -2.15. The van der Waals surface area contributed by atoms with E-state index >= 15 is 0 Å². The maximum absolute atomic E-state index is 5.74. The van der Waals surface area contributed by atoms with Crippen LogP contribution in [-0.4, -0.2) is 22.9 Å². The van der Waals surface area contributed by atoms with Gasteiger partial charge in [0.25, 0.3) is 0 Å². The van der Waals surface area contributed by atoms with E-state index in [1.165, 1.54) is 11.3 Å². The molecule has 1 aromatic heterocycles. The van der Waals surface area contributed by atoms with Gasteiger partial charge in [-0.3, -0.25) is 4.68 Å². The zero-order valence-corrected chi connectivity index (χ0v) is 13.2. The number of para-hydroxylation sites is 1. The molecule has 0 fully saturated rings. The highest BCUT2D eigenvalue weighted by atomic mass is 16.5. The van der Waals surface area contributed by atoms with Crippen LogP contribution < -0.4 is 10.1 Å². The molecule has 0 radical (unpaired) electrons. The van der Waals surface area contributed by atoms with Crippen LogP contribution in [0.3, 0.4) is 0 Å².